The van der Waals surface area contributed by atoms with Crippen molar-refractivity contribution < 1.29 is 24.5 Å². The predicted octanol–water partition coefficient (Wildman–Crippen LogP) is 11.2. The van der Waals surface area contributed by atoms with Gasteiger partial charge in [-0.2, -0.15) is 0 Å². The molecule has 257 valence electrons. The van der Waals surface area contributed by atoms with Crippen LogP contribution < -0.4 is 5.19 Å². The van der Waals surface area contributed by atoms with E-state index < -0.39 is 8.07 Å². The first-order valence-electron chi connectivity index (χ1n) is 17.6. The van der Waals surface area contributed by atoms with Crippen molar-refractivity contribution in [2.75, 3.05) is 0 Å². The molecule has 1 aliphatic rings. The molecule has 0 bridgehead atoms. The van der Waals surface area contributed by atoms with Crippen LogP contribution in [0.3, 0.4) is 0 Å². The van der Waals surface area contributed by atoms with Crippen LogP contribution in [0.4, 0.5) is 0 Å². The van der Waals surface area contributed by atoms with Crippen molar-refractivity contribution in [1.82, 2.24) is 15.0 Å². The molecule has 4 heterocycles. The van der Waals surface area contributed by atoms with E-state index in [1.807, 2.05) is 48.8 Å². The molecule has 0 saturated heterocycles. The fourth-order valence-electron chi connectivity index (χ4n) is 7.13. The zero-order valence-electron chi connectivity index (χ0n) is 30.1. The van der Waals surface area contributed by atoms with Gasteiger partial charge in [0.2, 0.25) is 0 Å². The van der Waals surface area contributed by atoms with Gasteiger partial charge in [-0.15, -0.1) is 35.9 Å². The maximum Gasteiger partial charge on any atom is 0.121 e. The van der Waals surface area contributed by atoms with Crippen molar-refractivity contribution in [3.8, 4) is 22.5 Å². The Morgan fingerprint density at radius 1 is 0.878 bits per heavy atom. The van der Waals surface area contributed by atoms with E-state index in [2.05, 4.69) is 106 Å². The van der Waals surface area contributed by atoms with Crippen molar-refractivity contribution in [2.24, 2.45) is 11.3 Å². The minimum atomic E-state index is -1.37. The average molecular weight is 844 g/mol. The van der Waals surface area contributed by atoms with Gasteiger partial charge in [-0.05, 0) is 83.0 Å². The number of furan rings is 1. The fourth-order valence-corrected chi connectivity index (χ4v) is 8.70. The van der Waals surface area contributed by atoms with Gasteiger partial charge in [0.25, 0.3) is 0 Å². The summed E-state index contributed by atoms with van der Waals surface area (Å²) in [5, 5.41) is 3.59. The summed E-state index contributed by atoms with van der Waals surface area (Å²) in [6.45, 7) is 16.4. The topological polar surface area (TPSA) is 51.8 Å². The summed E-state index contributed by atoms with van der Waals surface area (Å²) in [4.78, 5) is 13.7. The van der Waals surface area contributed by atoms with Gasteiger partial charge in [0.1, 0.15) is 5.58 Å². The second-order valence-electron chi connectivity index (χ2n) is 15.7. The van der Waals surface area contributed by atoms with E-state index in [1.54, 1.807) is 0 Å². The summed E-state index contributed by atoms with van der Waals surface area (Å²) in [7, 11) is -1.37. The SMILES string of the molecule is CC(C)(C)Cc1cc(-c2[c-]cccc2)ncc1[Si](C)(C)C.CC(c1ccnc(-c2[c-]ncc3c2oc2ccccc23)c1)C1CCCCC1.[Ir]. The molecule has 0 aliphatic heterocycles. The first-order chi connectivity index (χ1) is 23.0. The Bertz CT molecular complexity index is 1980. The summed E-state index contributed by atoms with van der Waals surface area (Å²) >= 11 is 0. The first kappa shape index (κ1) is 36.8. The van der Waals surface area contributed by atoms with Crippen LogP contribution in [0.1, 0.15) is 76.8 Å². The van der Waals surface area contributed by atoms with Crippen molar-refractivity contribution in [3.63, 3.8) is 0 Å². The zero-order chi connectivity index (χ0) is 33.9. The molecule has 1 atom stereocenters. The van der Waals surface area contributed by atoms with Crippen molar-refractivity contribution in [1.29, 1.82) is 0 Å². The number of hydrogen-bond acceptors (Lipinski definition) is 4. The summed E-state index contributed by atoms with van der Waals surface area (Å²) in [5.41, 5.74) is 8.66. The van der Waals surface area contributed by atoms with Gasteiger partial charge in [0.05, 0.1) is 13.7 Å². The summed E-state index contributed by atoms with van der Waals surface area (Å²) in [6.07, 6.45) is 16.9. The summed E-state index contributed by atoms with van der Waals surface area (Å²) in [6, 6.07) is 26.1. The standard InChI is InChI=1S/C24H23N2O.C19H26NSi.Ir/c1-16(17-7-3-2-4-8-17)18-11-12-26-22(13-18)21-15-25-14-20-19-9-5-6-10-23(19)27-24(20)21;1-19(2,3)13-16-12-17(15-10-8-7-9-11-15)20-14-18(16)21(4,5)6;/h5-6,9-14,16-17H,2-4,7-8H2,1H3;7-10,12,14H,13H2,1-6H3;/q2*-1;. The number of benzene rings is 2. The van der Waals surface area contributed by atoms with Gasteiger partial charge in [0.15, 0.2) is 0 Å². The molecule has 1 unspecified atom stereocenters. The monoisotopic (exact) mass is 844 g/mol. The second-order valence-corrected chi connectivity index (χ2v) is 20.8. The summed E-state index contributed by atoms with van der Waals surface area (Å²) < 4.78 is 6.14. The molecule has 1 saturated carbocycles. The number of aromatic nitrogens is 3. The van der Waals surface area contributed by atoms with E-state index in [0.29, 0.717) is 5.92 Å². The molecule has 4 nitrogen and oxygen atoms in total. The van der Waals surface area contributed by atoms with Crippen molar-refractivity contribution >= 4 is 35.2 Å². The quantitative estimate of drug-likeness (QED) is 0.124. The maximum absolute atomic E-state index is 6.14. The molecule has 7 rings (SSSR count). The number of hydrogen-bond donors (Lipinski definition) is 0. The van der Waals surface area contributed by atoms with Gasteiger partial charge >= 0.3 is 0 Å². The molecule has 49 heavy (non-hydrogen) atoms. The van der Waals surface area contributed by atoms with Crippen LogP contribution >= 0.6 is 0 Å². The Morgan fingerprint density at radius 3 is 2.35 bits per heavy atom. The molecule has 6 heteroatoms. The number of nitrogens with zero attached hydrogens (tertiary/aromatic N) is 3. The molecular weight excluding hydrogens is 795 g/mol. The molecule has 1 radical (unpaired) electrons. The molecule has 1 fully saturated rings. The Morgan fingerprint density at radius 2 is 1.63 bits per heavy atom. The van der Waals surface area contributed by atoms with Crippen molar-refractivity contribution in [2.45, 2.75) is 91.8 Å². The smallest absolute Gasteiger partial charge is 0.121 e. The minimum absolute atomic E-state index is 0. The molecule has 0 amide bonds. The number of pyridine rings is 3. The van der Waals surface area contributed by atoms with Crippen LogP contribution in [0.2, 0.25) is 19.6 Å². The van der Waals surface area contributed by atoms with E-state index in [1.165, 1.54) is 48.4 Å². The Labute approximate surface area is 307 Å². The molecule has 6 aromatic rings. The average Bonchev–Trinajstić information content (AvgIpc) is 3.47. The third-order valence-corrected chi connectivity index (χ3v) is 11.7. The van der Waals surface area contributed by atoms with Gasteiger partial charge in [0, 0.05) is 37.9 Å². The van der Waals surface area contributed by atoms with Gasteiger partial charge in [-0.25, -0.2) is 0 Å². The van der Waals surface area contributed by atoms with Gasteiger partial charge in [-0.3, -0.25) is 0 Å². The molecule has 2 aromatic carbocycles. The third-order valence-electron chi connectivity index (χ3n) is 9.66. The molecule has 1 aliphatic carbocycles. The normalized spacial score (nSPS) is 14.6. The predicted molar refractivity (Wildman–Crippen MR) is 203 cm³/mol. The number of fused-ring (bicyclic) bond motifs is 3. The number of para-hydroxylation sites is 1. The zero-order valence-corrected chi connectivity index (χ0v) is 33.5. The van der Waals surface area contributed by atoms with Crippen LogP contribution in [0, 0.1) is 23.6 Å². The first-order valence-corrected chi connectivity index (χ1v) is 21.1. The number of rotatable bonds is 6. The second kappa shape index (κ2) is 15.6. The van der Waals surface area contributed by atoms with Crippen LogP contribution in [0.5, 0.6) is 0 Å². The van der Waals surface area contributed by atoms with Gasteiger partial charge in [-0.1, -0.05) is 114 Å². The van der Waals surface area contributed by atoms with Gasteiger partial charge < -0.3 is 19.4 Å². The van der Waals surface area contributed by atoms with E-state index >= 15 is 0 Å². The van der Waals surface area contributed by atoms with E-state index in [-0.39, 0.29) is 25.5 Å². The minimum Gasteiger partial charge on any atom is -0.500 e. The third kappa shape index (κ3) is 8.84. The maximum atomic E-state index is 6.14. The Hall–Kier alpha value is -3.44. The van der Waals surface area contributed by atoms with Crippen LogP contribution in [0.15, 0.2) is 89.7 Å². The summed E-state index contributed by atoms with van der Waals surface area (Å²) in [5.74, 6) is 1.33. The van der Waals surface area contributed by atoms with E-state index in [0.717, 1.165) is 56.8 Å². The van der Waals surface area contributed by atoms with E-state index in [4.69, 9.17) is 9.40 Å². The largest absolute Gasteiger partial charge is 0.500 e. The van der Waals surface area contributed by atoms with E-state index in [9.17, 15) is 0 Å². The fraction of sp³-hybridized carbons (Fsp3) is 0.372. The van der Waals surface area contributed by atoms with Crippen LogP contribution in [0.25, 0.3) is 44.5 Å². The molecule has 0 N–H and O–H groups in total. The van der Waals surface area contributed by atoms with Crippen LogP contribution in [-0.4, -0.2) is 23.0 Å². The van der Waals surface area contributed by atoms with Crippen LogP contribution in [-0.2, 0) is 26.5 Å². The molecule has 0 spiro atoms. The van der Waals surface area contributed by atoms with Crippen molar-refractivity contribution in [3.05, 3.63) is 109 Å². The Balaban J connectivity index is 0.000000194. The molecular formula is C43H49IrN3OSi-2. The Kier molecular flexibility index (Phi) is 11.7. The molecule has 4 aromatic heterocycles.